The van der Waals surface area contributed by atoms with Crippen LogP contribution < -0.4 is 9.64 Å². The molecule has 6 nitrogen and oxygen atoms in total. The lowest BCUT2D eigenvalue weighted by Crippen LogP contribution is -2.52. The molecule has 3 aromatic rings. The van der Waals surface area contributed by atoms with Gasteiger partial charge in [-0.2, -0.15) is 0 Å². The lowest BCUT2D eigenvalue weighted by Gasteiger charge is -2.37. The second kappa shape index (κ2) is 8.05. The molecular formula is C23H22ClN3O3. The van der Waals surface area contributed by atoms with Gasteiger partial charge in [0.2, 0.25) is 0 Å². The van der Waals surface area contributed by atoms with Gasteiger partial charge in [-0.3, -0.25) is 9.80 Å². The highest BCUT2D eigenvalue weighted by Gasteiger charge is 2.31. The number of hydrogen-bond acceptors (Lipinski definition) is 4. The van der Waals surface area contributed by atoms with Crippen molar-refractivity contribution in [2.24, 2.45) is 0 Å². The zero-order valence-electron chi connectivity index (χ0n) is 16.5. The van der Waals surface area contributed by atoms with Gasteiger partial charge in [0.25, 0.3) is 0 Å². The zero-order chi connectivity index (χ0) is 20.5. The van der Waals surface area contributed by atoms with E-state index in [1.165, 1.54) is 0 Å². The van der Waals surface area contributed by atoms with Gasteiger partial charge in [-0.25, -0.2) is 4.79 Å². The number of para-hydroxylation sites is 1. The SMILES string of the molecule is O=C(N1CCN(Cc2ccco2)CC1)N1Cc2ccccc2Oc2ccc(Cl)cc21. The number of hydrogen-bond donors (Lipinski definition) is 0. The second-order valence-electron chi connectivity index (χ2n) is 7.53. The van der Waals surface area contributed by atoms with Crippen molar-refractivity contribution >= 4 is 23.3 Å². The Kier molecular flexibility index (Phi) is 5.11. The van der Waals surface area contributed by atoms with Crippen molar-refractivity contribution < 1.29 is 13.9 Å². The molecule has 30 heavy (non-hydrogen) atoms. The minimum absolute atomic E-state index is 0.0310. The van der Waals surface area contributed by atoms with Crippen LogP contribution in [0.4, 0.5) is 10.5 Å². The Morgan fingerprint density at radius 1 is 0.967 bits per heavy atom. The van der Waals surface area contributed by atoms with Gasteiger partial charge in [-0.1, -0.05) is 29.8 Å². The van der Waals surface area contributed by atoms with Gasteiger partial charge in [0.15, 0.2) is 5.75 Å². The highest BCUT2D eigenvalue weighted by Crippen LogP contribution is 2.40. The van der Waals surface area contributed by atoms with E-state index in [4.69, 9.17) is 20.8 Å². The molecule has 3 heterocycles. The van der Waals surface area contributed by atoms with Crippen LogP contribution in [0.25, 0.3) is 0 Å². The number of carbonyl (C=O) groups excluding carboxylic acids is 1. The first-order valence-electron chi connectivity index (χ1n) is 10.0. The minimum Gasteiger partial charge on any atom is -0.468 e. The van der Waals surface area contributed by atoms with Crippen molar-refractivity contribution in [3.8, 4) is 11.5 Å². The van der Waals surface area contributed by atoms with Gasteiger partial charge >= 0.3 is 6.03 Å². The Bertz CT molecular complexity index is 1050. The van der Waals surface area contributed by atoms with Crippen LogP contribution >= 0.6 is 11.6 Å². The summed E-state index contributed by atoms with van der Waals surface area (Å²) < 4.78 is 11.6. The number of furan rings is 1. The molecule has 1 aromatic heterocycles. The quantitative estimate of drug-likeness (QED) is 0.583. The summed E-state index contributed by atoms with van der Waals surface area (Å²) in [7, 11) is 0. The number of piperazine rings is 1. The third-order valence-electron chi connectivity index (χ3n) is 5.57. The van der Waals surface area contributed by atoms with E-state index in [0.29, 0.717) is 36.1 Å². The number of rotatable bonds is 2. The van der Waals surface area contributed by atoms with Crippen LogP contribution in [0.15, 0.2) is 65.3 Å². The largest absolute Gasteiger partial charge is 0.468 e. The van der Waals surface area contributed by atoms with Crippen LogP contribution in [0.2, 0.25) is 5.02 Å². The van der Waals surface area contributed by atoms with Crippen molar-refractivity contribution in [3.63, 3.8) is 0 Å². The van der Waals surface area contributed by atoms with E-state index in [-0.39, 0.29) is 6.03 Å². The van der Waals surface area contributed by atoms with E-state index < -0.39 is 0 Å². The normalized spacial score (nSPS) is 16.4. The van der Waals surface area contributed by atoms with Crippen molar-refractivity contribution in [2.75, 3.05) is 31.1 Å². The molecule has 154 valence electrons. The fraction of sp³-hybridized carbons (Fsp3) is 0.261. The maximum atomic E-state index is 13.5. The van der Waals surface area contributed by atoms with Crippen molar-refractivity contribution in [1.29, 1.82) is 0 Å². The third-order valence-corrected chi connectivity index (χ3v) is 5.80. The summed E-state index contributed by atoms with van der Waals surface area (Å²) in [6, 6.07) is 17.1. The molecule has 0 spiro atoms. The van der Waals surface area contributed by atoms with Crippen LogP contribution in [0, 0.1) is 0 Å². The van der Waals surface area contributed by atoms with Crippen molar-refractivity contribution in [3.05, 3.63) is 77.2 Å². The Balaban J connectivity index is 1.36. The van der Waals surface area contributed by atoms with E-state index in [1.807, 2.05) is 47.4 Å². The number of urea groups is 1. The number of anilines is 1. The summed E-state index contributed by atoms with van der Waals surface area (Å²) in [6.45, 7) is 4.13. The molecule has 2 aliphatic heterocycles. The maximum Gasteiger partial charge on any atom is 0.325 e. The van der Waals surface area contributed by atoms with Crippen LogP contribution in [0.3, 0.4) is 0 Å². The Hall–Kier alpha value is -2.96. The maximum absolute atomic E-state index is 13.5. The molecule has 0 unspecified atom stereocenters. The van der Waals surface area contributed by atoms with E-state index in [2.05, 4.69) is 4.90 Å². The van der Waals surface area contributed by atoms with Crippen LogP contribution in [0.1, 0.15) is 11.3 Å². The fourth-order valence-corrected chi connectivity index (χ4v) is 4.12. The molecule has 0 atom stereocenters. The molecule has 7 heteroatoms. The summed E-state index contributed by atoms with van der Waals surface area (Å²) in [6.07, 6.45) is 1.69. The number of nitrogens with zero attached hydrogens (tertiary/aromatic N) is 3. The average Bonchev–Trinajstić information content (AvgIpc) is 3.21. The molecule has 2 amide bonds. The predicted molar refractivity (Wildman–Crippen MR) is 115 cm³/mol. The smallest absolute Gasteiger partial charge is 0.325 e. The number of halogens is 1. The number of ether oxygens (including phenoxy) is 1. The topological polar surface area (TPSA) is 49.2 Å². The summed E-state index contributed by atoms with van der Waals surface area (Å²) in [5.74, 6) is 2.34. The predicted octanol–water partition coefficient (Wildman–Crippen LogP) is 4.98. The van der Waals surface area contributed by atoms with Crippen LogP contribution in [0.5, 0.6) is 11.5 Å². The minimum atomic E-state index is -0.0310. The van der Waals surface area contributed by atoms with Gasteiger partial charge in [0, 0.05) is 36.8 Å². The van der Waals surface area contributed by atoms with Crippen LogP contribution in [-0.4, -0.2) is 42.0 Å². The highest BCUT2D eigenvalue weighted by atomic mass is 35.5. The Morgan fingerprint density at radius 3 is 2.60 bits per heavy atom. The average molecular weight is 424 g/mol. The lowest BCUT2D eigenvalue weighted by molar-refractivity contribution is 0.133. The molecule has 5 rings (SSSR count). The molecule has 0 aliphatic carbocycles. The summed E-state index contributed by atoms with van der Waals surface area (Å²) in [4.78, 5) is 19.5. The van der Waals surface area contributed by atoms with Gasteiger partial charge < -0.3 is 14.1 Å². The molecule has 2 aliphatic rings. The summed E-state index contributed by atoms with van der Waals surface area (Å²) in [5.41, 5.74) is 1.66. The first-order chi connectivity index (χ1) is 14.7. The van der Waals surface area contributed by atoms with E-state index >= 15 is 0 Å². The molecule has 0 saturated carbocycles. The summed E-state index contributed by atoms with van der Waals surface area (Å²) in [5, 5.41) is 0.573. The summed E-state index contributed by atoms with van der Waals surface area (Å²) >= 11 is 6.26. The number of amides is 2. The standard InChI is InChI=1S/C23H22ClN3O3/c24-18-7-8-22-20(14-18)27(15-17-4-1-2-6-21(17)30-22)23(28)26-11-9-25(10-12-26)16-19-5-3-13-29-19/h1-8,13-14H,9-12,15-16H2. The third kappa shape index (κ3) is 3.76. The lowest BCUT2D eigenvalue weighted by atomic mass is 10.2. The molecule has 0 radical (unpaired) electrons. The van der Waals surface area contributed by atoms with Crippen molar-refractivity contribution in [2.45, 2.75) is 13.1 Å². The molecular weight excluding hydrogens is 402 g/mol. The highest BCUT2D eigenvalue weighted by molar-refractivity contribution is 6.31. The second-order valence-corrected chi connectivity index (χ2v) is 7.97. The van der Waals surface area contributed by atoms with Gasteiger partial charge in [-0.05, 0) is 36.4 Å². The number of fused-ring (bicyclic) bond motifs is 2. The van der Waals surface area contributed by atoms with Gasteiger partial charge in [0.1, 0.15) is 11.5 Å². The molecule has 1 saturated heterocycles. The zero-order valence-corrected chi connectivity index (χ0v) is 17.2. The molecule has 0 bridgehead atoms. The van der Waals surface area contributed by atoms with Crippen molar-refractivity contribution in [1.82, 2.24) is 9.80 Å². The first-order valence-corrected chi connectivity index (χ1v) is 10.4. The van der Waals surface area contributed by atoms with E-state index in [9.17, 15) is 4.79 Å². The molecule has 2 aromatic carbocycles. The first kappa shape index (κ1) is 19.0. The monoisotopic (exact) mass is 423 g/mol. The van der Waals surface area contributed by atoms with Gasteiger partial charge in [0.05, 0.1) is 25.0 Å². The Morgan fingerprint density at radius 2 is 1.80 bits per heavy atom. The van der Waals surface area contributed by atoms with Crippen LogP contribution in [-0.2, 0) is 13.1 Å². The molecule has 0 N–H and O–H groups in total. The fourth-order valence-electron chi connectivity index (χ4n) is 3.96. The van der Waals surface area contributed by atoms with Gasteiger partial charge in [-0.15, -0.1) is 0 Å². The molecule has 1 fully saturated rings. The van der Waals surface area contributed by atoms with E-state index in [0.717, 1.165) is 36.7 Å². The number of carbonyl (C=O) groups is 1. The number of benzene rings is 2. The Labute approximate surface area is 180 Å². The van der Waals surface area contributed by atoms with E-state index in [1.54, 1.807) is 23.3 Å².